The number of Topliss-reactive ketones (excluding diaryl/α,β-unsaturated/α-hetero) is 1. The highest BCUT2D eigenvalue weighted by Crippen LogP contribution is 2.17. The predicted octanol–water partition coefficient (Wildman–Crippen LogP) is 1.80. The van der Waals surface area contributed by atoms with Crippen LogP contribution in [-0.2, 0) is 14.3 Å². The van der Waals surface area contributed by atoms with Crippen molar-refractivity contribution in [3.63, 3.8) is 0 Å². The first kappa shape index (κ1) is 11.7. The van der Waals surface area contributed by atoms with Gasteiger partial charge in [0.15, 0.2) is 0 Å². The molecule has 0 radical (unpaired) electrons. The summed E-state index contributed by atoms with van der Waals surface area (Å²) >= 11 is 0. The van der Waals surface area contributed by atoms with Gasteiger partial charge in [-0.25, -0.2) is 0 Å². The molecule has 0 unspecified atom stereocenters. The Labute approximate surface area is 85.8 Å². The van der Waals surface area contributed by atoms with Gasteiger partial charge in [0, 0.05) is 38.8 Å². The Hall–Kier alpha value is -0.410. The quantitative estimate of drug-likeness (QED) is 0.613. The molecule has 1 aliphatic rings. The van der Waals surface area contributed by atoms with E-state index in [1.807, 2.05) is 6.92 Å². The number of ketones is 1. The zero-order valence-corrected chi connectivity index (χ0v) is 8.96. The van der Waals surface area contributed by atoms with Crippen molar-refractivity contribution in [2.24, 2.45) is 5.92 Å². The third-order valence-corrected chi connectivity index (χ3v) is 2.59. The van der Waals surface area contributed by atoms with Gasteiger partial charge in [0.1, 0.15) is 5.78 Å². The van der Waals surface area contributed by atoms with Crippen LogP contribution in [0, 0.1) is 5.92 Å². The Morgan fingerprint density at radius 1 is 1.43 bits per heavy atom. The zero-order chi connectivity index (χ0) is 10.2. The molecule has 3 heteroatoms. The predicted molar refractivity (Wildman–Crippen MR) is 54.3 cm³/mol. The molecule has 0 aromatic rings. The van der Waals surface area contributed by atoms with E-state index in [-0.39, 0.29) is 5.92 Å². The first-order chi connectivity index (χ1) is 6.84. The SMILES string of the molecule is CCOCCCC(=O)C1CCOCC1. The third kappa shape index (κ3) is 4.20. The summed E-state index contributed by atoms with van der Waals surface area (Å²) in [7, 11) is 0. The Morgan fingerprint density at radius 2 is 2.14 bits per heavy atom. The van der Waals surface area contributed by atoms with Gasteiger partial charge in [0.2, 0.25) is 0 Å². The number of hydrogen-bond donors (Lipinski definition) is 0. The molecule has 14 heavy (non-hydrogen) atoms. The molecule has 1 heterocycles. The zero-order valence-electron chi connectivity index (χ0n) is 8.96. The number of ether oxygens (including phenoxy) is 2. The molecule has 0 amide bonds. The second-order valence-electron chi connectivity index (χ2n) is 3.65. The molecule has 0 saturated carbocycles. The first-order valence-electron chi connectivity index (χ1n) is 5.52. The molecule has 3 nitrogen and oxygen atoms in total. The molecule has 0 N–H and O–H groups in total. The second kappa shape index (κ2) is 6.96. The summed E-state index contributed by atoms with van der Waals surface area (Å²) < 4.78 is 10.4. The molecule has 1 fully saturated rings. The fourth-order valence-electron chi connectivity index (χ4n) is 1.72. The van der Waals surface area contributed by atoms with E-state index in [2.05, 4.69) is 0 Å². The van der Waals surface area contributed by atoms with Crippen molar-refractivity contribution in [1.82, 2.24) is 0 Å². The van der Waals surface area contributed by atoms with E-state index in [1.165, 1.54) is 0 Å². The molecule has 1 aliphatic heterocycles. The van der Waals surface area contributed by atoms with Crippen LogP contribution in [0.5, 0.6) is 0 Å². The Bertz CT molecular complexity index is 162. The molecule has 82 valence electrons. The maximum absolute atomic E-state index is 11.7. The van der Waals surface area contributed by atoms with Crippen LogP contribution >= 0.6 is 0 Å². The van der Waals surface area contributed by atoms with E-state index < -0.39 is 0 Å². The molecule has 0 aliphatic carbocycles. The number of carbonyl (C=O) groups is 1. The summed E-state index contributed by atoms with van der Waals surface area (Å²) in [5, 5.41) is 0. The maximum atomic E-state index is 11.7. The van der Waals surface area contributed by atoms with Crippen molar-refractivity contribution >= 4 is 5.78 Å². The standard InChI is InChI=1S/C11H20O3/c1-2-13-7-3-4-11(12)10-5-8-14-9-6-10/h10H,2-9H2,1H3. The van der Waals surface area contributed by atoms with Crippen molar-refractivity contribution < 1.29 is 14.3 Å². The fourth-order valence-corrected chi connectivity index (χ4v) is 1.72. The van der Waals surface area contributed by atoms with E-state index in [4.69, 9.17) is 9.47 Å². The van der Waals surface area contributed by atoms with Crippen molar-refractivity contribution in [1.29, 1.82) is 0 Å². The van der Waals surface area contributed by atoms with Crippen LogP contribution in [0.1, 0.15) is 32.6 Å². The van der Waals surface area contributed by atoms with Gasteiger partial charge in [-0.3, -0.25) is 4.79 Å². The highest BCUT2D eigenvalue weighted by atomic mass is 16.5. The van der Waals surface area contributed by atoms with Crippen molar-refractivity contribution in [2.75, 3.05) is 26.4 Å². The lowest BCUT2D eigenvalue weighted by atomic mass is 9.93. The van der Waals surface area contributed by atoms with Crippen molar-refractivity contribution in [2.45, 2.75) is 32.6 Å². The van der Waals surface area contributed by atoms with Crippen LogP contribution in [0.4, 0.5) is 0 Å². The summed E-state index contributed by atoms with van der Waals surface area (Å²) in [6.07, 6.45) is 3.36. The van der Waals surface area contributed by atoms with Crippen molar-refractivity contribution in [3.8, 4) is 0 Å². The molecule has 0 aromatic carbocycles. The van der Waals surface area contributed by atoms with Crippen LogP contribution in [-0.4, -0.2) is 32.2 Å². The Balaban J connectivity index is 2.07. The lowest BCUT2D eigenvalue weighted by Crippen LogP contribution is -2.23. The van der Waals surface area contributed by atoms with E-state index in [9.17, 15) is 4.79 Å². The van der Waals surface area contributed by atoms with Crippen LogP contribution < -0.4 is 0 Å². The van der Waals surface area contributed by atoms with E-state index in [0.29, 0.717) is 18.8 Å². The normalized spacial score (nSPS) is 18.4. The molecule has 1 rings (SSSR count). The molecular formula is C11H20O3. The highest BCUT2D eigenvalue weighted by molar-refractivity contribution is 5.81. The monoisotopic (exact) mass is 200 g/mol. The number of carbonyl (C=O) groups excluding carboxylic acids is 1. The van der Waals surface area contributed by atoms with Crippen LogP contribution in [0.25, 0.3) is 0 Å². The van der Waals surface area contributed by atoms with Gasteiger partial charge >= 0.3 is 0 Å². The average molecular weight is 200 g/mol. The van der Waals surface area contributed by atoms with Crippen molar-refractivity contribution in [3.05, 3.63) is 0 Å². The lowest BCUT2D eigenvalue weighted by Gasteiger charge is -2.20. The molecule has 0 aromatic heterocycles. The van der Waals surface area contributed by atoms with Gasteiger partial charge in [0.05, 0.1) is 0 Å². The summed E-state index contributed by atoms with van der Waals surface area (Å²) in [5.41, 5.74) is 0. The maximum Gasteiger partial charge on any atom is 0.136 e. The number of hydrogen-bond acceptors (Lipinski definition) is 3. The fraction of sp³-hybridized carbons (Fsp3) is 0.909. The molecule has 0 atom stereocenters. The Morgan fingerprint density at radius 3 is 2.79 bits per heavy atom. The van der Waals surface area contributed by atoms with Crippen LogP contribution in [0.3, 0.4) is 0 Å². The summed E-state index contributed by atoms with van der Waals surface area (Å²) in [4.78, 5) is 11.7. The average Bonchev–Trinajstić information content (AvgIpc) is 2.25. The van der Waals surface area contributed by atoms with Gasteiger partial charge in [-0.1, -0.05) is 0 Å². The molecular weight excluding hydrogens is 180 g/mol. The first-order valence-corrected chi connectivity index (χ1v) is 5.52. The summed E-state index contributed by atoms with van der Waals surface area (Å²) in [6.45, 7) is 4.93. The minimum atomic E-state index is 0.255. The van der Waals surface area contributed by atoms with E-state index in [0.717, 1.165) is 39.1 Å². The Kier molecular flexibility index (Phi) is 5.80. The second-order valence-corrected chi connectivity index (χ2v) is 3.65. The smallest absolute Gasteiger partial charge is 0.136 e. The van der Waals surface area contributed by atoms with E-state index in [1.54, 1.807) is 0 Å². The summed E-state index contributed by atoms with van der Waals surface area (Å²) in [5.74, 6) is 0.651. The highest BCUT2D eigenvalue weighted by Gasteiger charge is 2.20. The molecule has 1 saturated heterocycles. The largest absolute Gasteiger partial charge is 0.382 e. The molecule has 0 spiro atoms. The van der Waals surface area contributed by atoms with E-state index >= 15 is 0 Å². The van der Waals surface area contributed by atoms with Gasteiger partial charge in [-0.05, 0) is 26.2 Å². The van der Waals surface area contributed by atoms with Gasteiger partial charge < -0.3 is 9.47 Å². The van der Waals surface area contributed by atoms with Gasteiger partial charge in [-0.2, -0.15) is 0 Å². The minimum Gasteiger partial charge on any atom is -0.382 e. The van der Waals surface area contributed by atoms with Crippen LogP contribution in [0.2, 0.25) is 0 Å². The summed E-state index contributed by atoms with van der Waals surface area (Å²) in [6, 6.07) is 0. The minimum absolute atomic E-state index is 0.255. The van der Waals surface area contributed by atoms with Gasteiger partial charge in [0.25, 0.3) is 0 Å². The third-order valence-electron chi connectivity index (χ3n) is 2.59. The van der Waals surface area contributed by atoms with Crippen LogP contribution in [0.15, 0.2) is 0 Å². The lowest BCUT2D eigenvalue weighted by molar-refractivity contribution is -0.126. The topological polar surface area (TPSA) is 35.5 Å². The number of rotatable bonds is 6. The van der Waals surface area contributed by atoms with Gasteiger partial charge in [-0.15, -0.1) is 0 Å². The molecule has 0 bridgehead atoms.